The van der Waals surface area contributed by atoms with Crippen molar-refractivity contribution in [2.24, 2.45) is 5.92 Å². The number of hydrogen-bond donors (Lipinski definition) is 0. The molecule has 1 saturated heterocycles. The smallest absolute Gasteiger partial charge is 0.313 e. The van der Waals surface area contributed by atoms with E-state index in [9.17, 15) is 9.59 Å². The first-order valence-electron chi connectivity index (χ1n) is 7.32. The average molecular weight is 254 g/mol. The van der Waals surface area contributed by atoms with Crippen molar-refractivity contribution in [3.8, 4) is 0 Å². The summed E-state index contributed by atoms with van der Waals surface area (Å²) in [6.07, 6.45) is 8.86. The molecule has 0 aromatic heterocycles. The van der Waals surface area contributed by atoms with Gasteiger partial charge in [-0.15, -0.1) is 0 Å². The Bertz CT molecular complexity index is 273. The number of hydrogen-bond acceptors (Lipinski definition) is 3. The molecule has 0 saturated carbocycles. The van der Waals surface area contributed by atoms with E-state index in [1.807, 2.05) is 13.8 Å². The molecular weight excluding hydrogens is 228 g/mol. The maximum Gasteiger partial charge on any atom is 0.313 e. The van der Waals surface area contributed by atoms with Crippen molar-refractivity contribution in [3.05, 3.63) is 0 Å². The number of rotatable bonds is 0. The lowest BCUT2D eigenvalue weighted by molar-refractivity contribution is -0.151. The second kappa shape index (κ2) is 8.28. The topological polar surface area (TPSA) is 43.4 Å². The van der Waals surface area contributed by atoms with Gasteiger partial charge in [0.1, 0.15) is 12.2 Å². The third kappa shape index (κ3) is 6.18. The summed E-state index contributed by atoms with van der Waals surface area (Å²) in [6.45, 7) is 3.84. The third-order valence-electron chi connectivity index (χ3n) is 3.70. The minimum absolute atomic E-state index is 0.00389. The number of carbonyl (C=O) groups is 2. The summed E-state index contributed by atoms with van der Waals surface area (Å²) < 4.78 is 5.25. The van der Waals surface area contributed by atoms with Crippen molar-refractivity contribution in [3.63, 3.8) is 0 Å². The molecule has 3 nitrogen and oxygen atoms in total. The van der Waals surface area contributed by atoms with Gasteiger partial charge in [-0.3, -0.25) is 9.59 Å². The Kier molecular flexibility index (Phi) is 6.99. The molecular formula is C15H26O3. The summed E-state index contributed by atoms with van der Waals surface area (Å²) in [4.78, 5) is 23.4. The molecule has 0 aliphatic carbocycles. The minimum atomic E-state index is -0.351. The summed E-state index contributed by atoms with van der Waals surface area (Å²) in [7, 11) is 0. The Labute approximate surface area is 110 Å². The molecule has 3 heteroatoms. The molecule has 0 aromatic rings. The predicted octanol–water partition coefficient (Wildman–Crippen LogP) is 3.65. The van der Waals surface area contributed by atoms with E-state index in [2.05, 4.69) is 0 Å². The van der Waals surface area contributed by atoms with Crippen LogP contribution in [0.5, 0.6) is 0 Å². The van der Waals surface area contributed by atoms with Crippen LogP contribution in [0.15, 0.2) is 0 Å². The van der Waals surface area contributed by atoms with E-state index in [4.69, 9.17) is 4.74 Å². The summed E-state index contributed by atoms with van der Waals surface area (Å²) in [5.41, 5.74) is 0. The number of cyclic esters (lactones) is 1. The second-order valence-corrected chi connectivity index (χ2v) is 5.54. The van der Waals surface area contributed by atoms with E-state index in [-0.39, 0.29) is 30.2 Å². The Morgan fingerprint density at radius 1 is 0.889 bits per heavy atom. The van der Waals surface area contributed by atoms with Gasteiger partial charge >= 0.3 is 5.97 Å². The zero-order valence-electron chi connectivity index (χ0n) is 11.7. The molecule has 1 aliphatic heterocycles. The predicted molar refractivity (Wildman–Crippen MR) is 71.3 cm³/mol. The van der Waals surface area contributed by atoms with Crippen molar-refractivity contribution in [2.75, 3.05) is 0 Å². The fraction of sp³-hybridized carbons (Fsp3) is 0.867. The van der Waals surface area contributed by atoms with Crippen LogP contribution in [-0.4, -0.2) is 17.9 Å². The SMILES string of the molecule is CC1CCCCCCCC[C@H](C)C(=O)CC(=O)O1. The number of ketones is 1. The molecule has 0 N–H and O–H groups in total. The molecule has 104 valence electrons. The Morgan fingerprint density at radius 3 is 2.11 bits per heavy atom. The first-order chi connectivity index (χ1) is 8.59. The first kappa shape index (κ1) is 15.2. The van der Waals surface area contributed by atoms with Crippen molar-refractivity contribution in [2.45, 2.75) is 77.7 Å². The van der Waals surface area contributed by atoms with Gasteiger partial charge in [0, 0.05) is 5.92 Å². The molecule has 2 atom stereocenters. The highest BCUT2D eigenvalue weighted by Crippen LogP contribution is 2.17. The number of ether oxygens (including phenoxy) is 1. The highest BCUT2D eigenvalue weighted by atomic mass is 16.5. The van der Waals surface area contributed by atoms with Crippen LogP contribution in [0.1, 0.15) is 71.6 Å². The van der Waals surface area contributed by atoms with Gasteiger partial charge in [-0.1, -0.05) is 39.0 Å². The van der Waals surface area contributed by atoms with Crippen LogP contribution in [0.2, 0.25) is 0 Å². The molecule has 0 bridgehead atoms. The van der Waals surface area contributed by atoms with Gasteiger partial charge in [0.05, 0.1) is 6.10 Å². The second-order valence-electron chi connectivity index (χ2n) is 5.54. The third-order valence-corrected chi connectivity index (χ3v) is 3.70. The maximum atomic E-state index is 11.8. The van der Waals surface area contributed by atoms with Crippen LogP contribution in [-0.2, 0) is 14.3 Å². The lowest BCUT2D eigenvalue weighted by Gasteiger charge is -2.15. The largest absolute Gasteiger partial charge is 0.462 e. The molecule has 0 radical (unpaired) electrons. The lowest BCUT2D eigenvalue weighted by atomic mass is 9.96. The quantitative estimate of drug-likeness (QED) is 0.489. The highest BCUT2D eigenvalue weighted by molar-refractivity contribution is 5.96. The van der Waals surface area contributed by atoms with Gasteiger partial charge in [0.25, 0.3) is 0 Å². The maximum absolute atomic E-state index is 11.8. The lowest BCUT2D eigenvalue weighted by Crippen LogP contribution is -2.21. The zero-order valence-corrected chi connectivity index (χ0v) is 11.7. The monoisotopic (exact) mass is 254 g/mol. The van der Waals surface area contributed by atoms with Crippen LogP contribution < -0.4 is 0 Å². The summed E-state index contributed by atoms with van der Waals surface area (Å²) >= 11 is 0. The van der Waals surface area contributed by atoms with Gasteiger partial charge in [-0.25, -0.2) is 0 Å². The molecule has 1 unspecified atom stereocenters. The molecule has 0 amide bonds. The van der Waals surface area contributed by atoms with Gasteiger partial charge < -0.3 is 4.74 Å². The van der Waals surface area contributed by atoms with Crippen molar-refractivity contribution >= 4 is 11.8 Å². The summed E-state index contributed by atoms with van der Waals surface area (Å²) in [5.74, 6) is -0.323. The van der Waals surface area contributed by atoms with Crippen LogP contribution in [0.25, 0.3) is 0 Å². The van der Waals surface area contributed by atoms with Gasteiger partial charge in [-0.05, 0) is 26.2 Å². The van der Waals surface area contributed by atoms with Crippen molar-refractivity contribution in [1.82, 2.24) is 0 Å². The van der Waals surface area contributed by atoms with E-state index < -0.39 is 0 Å². The Balaban J connectivity index is 2.47. The van der Waals surface area contributed by atoms with E-state index in [1.165, 1.54) is 25.7 Å². The molecule has 1 aliphatic rings. The Hall–Kier alpha value is -0.860. The van der Waals surface area contributed by atoms with E-state index >= 15 is 0 Å². The van der Waals surface area contributed by atoms with Gasteiger partial charge in [0.2, 0.25) is 0 Å². The van der Waals surface area contributed by atoms with Crippen LogP contribution in [0.3, 0.4) is 0 Å². The number of Topliss-reactive ketones (excluding diaryl/α,β-unsaturated/α-hetero) is 1. The van der Waals surface area contributed by atoms with E-state index in [1.54, 1.807) is 0 Å². The molecule has 18 heavy (non-hydrogen) atoms. The van der Waals surface area contributed by atoms with Crippen LogP contribution in [0, 0.1) is 5.92 Å². The standard InChI is InChI=1S/C15H26O3/c1-12-9-7-5-3-4-6-8-10-13(2)18-15(17)11-14(12)16/h12-13H,3-11H2,1-2H3/t12-,13?/m0/s1. The zero-order chi connectivity index (χ0) is 13.4. The average Bonchev–Trinajstić information content (AvgIpc) is 2.30. The normalized spacial score (nSPS) is 29.4. The van der Waals surface area contributed by atoms with Gasteiger partial charge in [0.15, 0.2) is 0 Å². The molecule has 1 rings (SSSR count). The number of carbonyl (C=O) groups excluding carboxylic acids is 2. The Morgan fingerprint density at radius 2 is 1.44 bits per heavy atom. The fourth-order valence-corrected chi connectivity index (χ4v) is 2.39. The minimum Gasteiger partial charge on any atom is -0.462 e. The fourth-order valence-electron chi connectivity index (χ4n) is 2.39. The van der Waals surface area contributed by atoms with Crippen LogP contribution in [0.4, 0.5) is 0 Å². The molecule has 0 aromatic carbocycles. The highest BCUT2D eigenvalue weighted by Gasteiger charge is 2.19. The first-order valence-corrected chi connectivity index (χ1v) is 7.32. The summed E-state index contributed by atoms with van der Waals surface area (Å²) in [6, 6.07) is 0. The molecule has 1 fully saturated rings. The number of esters is 1. The summed E-state index contributed by atoms with van der Waals surface area (Å²) in [5, 5.41) is 0. The van der Waals surface area contributed by atoms with Crippen molar-refractivity contribution in [1.29, 1.82) is 0 Å². The van der Waals surface area contributed by atoms with Gasteiger partial charge in [-0.2, -0.15) is 0 Å². The van der Waals surface area contributed by atoms with E-state index in [0.717, 1.165) is 25.7 Å². The van der Waals surface area contributed by atoms with Crippen molar-refractivity contribution < 1.29 is 14.3 Å². The van der Waals surface area contributed by atoms with E-state index in [0.29, 0.717) is 0 Å². The van der Waals surface area contributed by atoms with Crippen LogP contribution >= 0.6 is 0 Å². The molecule has 1 heterocycles. The molecule has 0 spiro atoms.